The lowest BCUT2D eigenvalue weighted by Crippen LogP contribution is -2.42. The van der Waals surface area contributed by atoms with Crippen molar-refractivity contribution in [2.45, 2.75) is 38.6 Å². The predicted octanol–water partition coefficient (Wildman–Crippen LogP) is 3.85. The molecule has 1 atom stereocenters. The van der Waals surface area contributed by atoms with E-state index < -0.39 is 23.2 Å². The lowest BCUT2D eigenvalue weighted by atomic mass is 9.79. The van der Waals surface area contributed by atoms with Gasteiger partial charge in [-0.05, 0) is 25.1 Å². The van der Waals surface area contributed by atoms with E-state index in [1.807, 2.05) is 26.0 Å². The Morgan fingerprint density at radius 2 is 2.22 bits per heavy atom. The molecule has 142 valence electrons. The van der Waals surface area contributed by atoms with Gasteiger partial charge in [-0.1, -0.05) is 31.5 Å². The van der Waals surface area contributed by atoms with Crippen LogP contribution in [0, 0.1) is 17.1 Å². The summed E-state index contributed by atoms with van der Waals surface area (Å²) >= 11 is 5.93. The van der Waals surface area contributed by atoms with Crippen LogP contribution >= 0.6 is 11.6 Å². The molecule has 2 rings (SSSR count). The number of anilines is 1. The van der Waals surface area contributed by atoms with E-state index in [2.05, 4.69) is 15.3 Å². The predicted molar refractivity (Wildman–Crippen MR) is 99.8 cm³/mol. The van der Waals surface area contributed by atoms with Gasteiger partial charge in [0.05, 0.1) is 18.6 Å². The minimum atomic E-state index is -0.735. The minimum absolute atomic E-state index is 0.0316. The highest BCUT2D eigenvalue weighted by Crippen LogP contribution is 2.31. The SMILES string of the molecule is CCOC(=O)CC(Nc1nc(Cl)c(C#N)cc1F)C(C)(C)c1ccccn1. The maximum atomic E-state index is 14.4. The minimum Gasteiger partial charge on any atom is -0.466 e. The van der Waals surface area contributed by atoms with Gasteiger partial charge in [0.1, 0.15) is 11.2 Å². The fourth-order valence-corrected chi connectivity index (χ4v) is 2.79. The molecule has 2 aromatic rings. The number of nitriles is 1. The van der Waals surface area contributed by atoms with Crippen LogP contribution in [0.1, 0.15) is 38.4 Å². The van der Waals surface area contributed by atoms with Crippen LogP contribution in [0.5, 0.6) is 0 Å². The molecular weight excluding hydrogens is 371 g/mol. The Kier molecular flexibility index (Phi) is 6.70. The Hall–Kier alpha value is -2.72. The highest BCUT2D eigenvalue weighted by molar-refractivity contribution is 6.30. The number of carbonyl (C=O) groups excluding carboxylic acids is 1. The largest absolute Gasteiger partial charge is 0.466 e. The zero-order chi connectivity index (χ0) is 20.0. The highest BCUT2D eigenvalue weighted by Gasteiger charge is 2.35. The quantitative estimate of drug-likeness (QED) is 0.570. The second-order valence-corrected chi connectivity index (χ2v) is 6.77. The van der Waals surface area contributed by atoms with Crippen molar-refractivity contribution in [2.75, 3.05) is 11.9 Å². The van der Waals surface area contributed by atoms with Gasteiger partial charge in [0.2, 0.25) is 0 Å². The maximum Gasteiger partial charge on any atom is 0.307 e. The van der Waals surface area contributed by atoms with Crippen molar-refractivity contribution in [2.24, 2.45) is 0 Å². The summed E-state index contributed by atoms with van der Waals surface area (Å²) in [7, 11) is 0. The Balaban J connectivity index is 2.40. The lowest BCUT2D eigenvalue weighted by molar-refractivity contribution is -0.143. The molecule has 0 amide bonds. The molecule has 6 nitrogen and oxygen atoms in total. The van der Waals surface area contributed by atoms with Gasteiger partial charge in [-0.3, -0.25) is 9.78 Å². The fourth-order valence-electron chi connectivity index (χ4n) is 2.61. The zero-order valence-corrected chi connectivity index (χ0v) is 16.0. The summed E-state index contributed by atoms with van der Waals surface area (Å²) in [6.07, 6.45) is 1.62. The number of hydrogen-bond donors (Lipinski definition) is 1. The smallest absolute Gasteiger partial charge is 0.307 e. The first kappa shape index (κ1) is 20.6. The number of nitrogens with zero attached hydrogens (tertiary/aromatic N) is 3. The van der Waals surface area contributed by atoms with E-state index in [0.717, 1.165) is 6.07 Å². The van der Waals surface area contributed by atoms with Crippen LogP contribution < -0.4 is 5.32 Å². The lowest BCUT2D eigenvalue weighted by Gasteiger charge is -2.34. The van der Waals surface area contributed by atoms with Gasteiger partial charge in [0.25, 0.3) is 0 Å². The standard InChI is InChI=1S/C19H20ClFN4O2/c1-4-27-16(26)10-15(19(2,3)14-7-5-6-8-23-14)24-18-13(21)9-12(11-22)17(20)25-18/h5-9,15H,4,10H2,1-3H3,(H,24,25). The van der Waals surface area contributed by atoms with Crippen LogP contribution in [-0.2, 0) is 14.9 Å². The average molecular weight is 391 g/mol. The molecule has 27 heavy (non-hydrogen) atoms. The van der Waals surface area contributed by atoms with Crippen LogP contribution in [0.2, 0.25) is 5.15 Å². The monoisotopic (exact) mass is 390 g/mol. The number of carbonyl (C=O) groups is 1. The first-order chi connectivity index (χ1) is 12.8. The number of pyridine rings is 2. The van der Waals surface area contributed by atoms with Crippen LogP contribution in [0.15, 0.2) is 30.5 Å². The van der Waals surface area contributed by atoms with E-state index in [-0.39, 0.29) is 29.6 Å². The molecule has 1 unspecified atom stereocenters. The molecule has 0 aliphatic heterocycles. The summed E-state index contributed by atoms with van der Waals surface area (Å²) in [5.41, 5.74) is -0.0136. The van der Waals surface area contributed by atoms with Crippen LogP contribution in [0.3, 0.4) is 0 Å². The summed E-state index contributed by atoms with van der Waals surface area (Å²) in [6.45, 7) is 5.72. The molecule has 0 spiro atoms. The fraction of sp³-hybridized carbons (Fsp3) is 0.368. The second kappa shape index (κ2) is 8.78. The molecule has 0 saturated heterocycles. The summed E-state index contributed by atoms with van der Waals surface area (Å²) in [6, 6.07) is 7.65. The topological polar surface area (TPSA) is 87.9 Å². The van der Waals surface area contributed by atoms with Crippen LogP contribution in [0.25, 0.3) is 0 Å². The third kappa shape index (κ3) is 4.92. The number of halogens is 2. The van der Waals surface area contributed by atoms with Crippen molar-refractivity contribution in [1.82, 2.24) is 9.97 Å². The van der Waals surface area contributed by atoms with Crippen LogP contribution in [0.4, 0.5) is 10.2 Å². The van der Waals surface area contributed by atoms with Crippen molar-refractivity contribution >= 4 is 23.4 Å². The van der Waals surface area contributed by atoms with Crippen LogP contribution in [-0.4, -0.2) is 28.6 Å². The normalized spacial score (nSPS) is 12.1. The van der Waals surface area contributed by atoms with E-state index in [9.17, 15) is 9.18 Å². The van der Waals surface area contributed by atoms with Crippen molar-refractivity contribution in [3.63, 3.8) is 0 Å². The molecule has 1 N–H and O–H groups in total. The number of hydrogen-bond acceptors (Lipinski definition) is 6. The molecule has 0 aromatic carbocycles. The Bertz CT molecular complexity index is 853. The van der Waals surface area contributed by atoms with Crippen molar-refractivity contribution in [3.8, 4) is 6.07 Å². The number of nitrogens with one attached hydrogen (secondary N) is 1. The number of ether oxygens (including phenoxy) is 1. The number of rotatable bonds is 7. The molecule has 2 aromatic heterocycles. The zero-order valence-electron chi connectivity index (χ0n) is 15.3. The van der Waals surface area contributed by atoms with Gasteiger partial charge >= 0.3 is 5.97 Å². The Morgan fingerprint density at radius 1 is 1.48 bits per heavy atom. The first-order valence-corrected chi connectivity index (χ1v) is 8.77. The molecule has 0 aliphatic rings. The van der Waals surface area contributed by atoms with E-state index in [1.165, 1.54) is 0 Å². The summed E-state index contributed by atoms with van der Waals surface area (Å²) in [4.78, 5) is 20.4. The maximum absolute atomic E-state index is 14.4. The summed E-state index contributed by atoms with van der Waals surface area (Å²) in [5.74, 6) is -1.31. The van der Waals surface area contributed by atoms with Crippen molar-refractivity contribution in [3.05, 3.63) is 52.7 Å². The highest BCUT2D eigenvalue weighted by atomic mass is 35.5. The molecule has 0 radical (unpaired) electrons. The summed E-state index contributed by atoms with van der Waals surface area (Å²) in [5, 5.41) is 11.8. The Morgan fingerprint density at radius 3 is 2.81 bits per heavy atom. The third-order valence-electron chi connectivity index (χ3n) is 4.23. The summed E-state index contributed by atoms with van der Waals surface area (Å²) < 4.78 is 19.4. The third-order valence-corrected chi connectivity index (χ3v) is 4.52. The van der Waals surface area contributed by atoms with E-state index in [0.29, 0.717) is 5.69 Å². The van der Waals surface area contributed by atoms with E-state index >= 15 is 0 Å². The van der Waals surface area contributed by atoms with Crippen molar-refractivity contribution < 1.29 is 13.9 Å². The van der Waals surface area contributed by atoms with Gasteiger partial charge in [0, 0.05) is 23.3 Å². The molecule has 0 saturated carbocycles. The van der Waals surface area contributed by atoms with Crippen molar-refractivity contribution in [1.29, 1.82) is 5.26 Å². The molecule has 0 bridgehead atoms. The molecule has 8 heteroatoms. The van der Waals surface area contributed by atoms with Gasteiger partial charge in [0.15, 0.2) is 11.6 Å². The van der Waals surface area contributed by atoms with E-state index in [1.54, 1.807) is 25.3 Å². The number of esters is 1. The van der Waals surface area contributed by atoms with Gasteiger partial charge in [-0.2, -0.15) is 5.26 Å². The molecule has 0 fully saturated rings. The molecule has 2 heterocycles. The number of aromatic nitrogens is 2. The Labute approximate surface area is 162 Å². The van der Waals surface area contributed by atoms with Gasteiger partial charge in [-0.15, -0.1) is 0 Å². The second-order valence-electron chi connectivity index (χ2n) is 6.41. The van der Waals surface area contributed by atoms with E-state index in [4.69, 9.17) is 21.6 Å². The van der Waals surface area contributed by atoms with Gasteiger partial charge in [-0.25, -0.2) is 9.37 Å². The first-order valence-electron chi connectivity index (χ1n) is 8.39. The average Bonchev–Trinajstić information content (AvgIpc) is 2.64. The van der Waals surface area contributed by atoms with Gasteiger partial charge < -0.3 is 10.1 Å². The molecule has 0 aliphatic carbocycles. The molecular formula is C19H20ClFN4O2.